The highest BCUT2D eigenvalue weighted by Gasteiger charge is 2.49. The van der Waals surface area contributed by atoms with E-state index in [0.29, 0.717) is 5.92 Å². The molecule has 3 nitrogen and oxygen atoms in total. The summed E-state index contributed by atoms with van der Waals surface area (Å²) in [4.78, 5) is 12.3. The highest BCUT2D eigenvalue weighted by atomic mass is 16.5. The van der Waals surface area contributed by atoms with Gasteiger partial charge in [0.2, 0.25) is 0 Å². The predicted octanol–water partition coefficient (Wildman–Crippen LogP) is 2.25. The standard InChI is InChI=1S/C13H23NO2/c1-10(2)16-12(15)13(8-5-9-14-13)11-6-3-4-7-11/h10-11,14H,3-9H2,1-2H3/t13-/m1/s1. The molecule has 1 aliphatic carbocycles. The molecule has 1 aliphatic heterocycles. The van der Waals surface area contributed by atoms with Crippen LogP contribution < -0.4 is 5.32 Å². The third-order valence-corrected chi connectivity index (χ3v) is 3.95. The zero-order chi connectivity index (χ0) is 11.6. The monoisotopic (exact) mass is 225 g/mol. The molecular formula is C13H23NO2. The molecule has 92 valence electrons. The van der Waals surface area contributed by atoms with E-state index in [9.17, 15) is 4.79 Å². The van der Waals surface area contributed by atoms with Crippen molar-refractivity contribution in [3.63, 3.8) is 0 Å². The number of hydrogen-bond donors (Lipinski definition) is 1. The van der Waals surface area contributed by atoms with Crippen molar-refractivity contribution in [2.24, 2.45) is 5.92 Å². The molecule has 3 heteroatoms. The Bertz CT molecular complexity index is 251. The van der Waals surface area contributed by atoms with Gasteiger partial charge >= 0.3 is 5.97 Å². The van der Waals surface area contributed by atoms with Crippen LogP contribution in [-0.4, -0.2) is 24.2 Å². The highest BCUT2D eigenvalue weighted by Crippen LogP contribution is 2.40. The Labute approximate surface area is 97.9 Å². The third kappa shape index (κ3) is 2.10. The molecule has 0 radical (unpaired) electrons. The lowest BCUT2D eigenvalue weighted by molar-refractivity contribution is -0.157. The Morgan fingerprint density at radius 1 is 1.31 bits per heavy atom. The number of ether oxygens (including phenoxy) is 1. The maximum absolute atomic E-state index is 12.3. The van der Waals surface area contributed by atoms with Crippen molar-refractivity contribution in [1.82, 2.24) is 5.32 Å². The van der Waals surface area contributed by atoms with E-state index in [1.54, 1.807) is 0 Å². The van der Waals surface area contributed by atoms with E-state index in [1.807, 2.05) is 13.8 Å². The molecule has 1 heterocycles. The van der Waals surface area contributed by atoms with E-state index in [2.05, 4.69) is 5.32 Å². The number of rotatable bonds is 3. The highest BCUT2D eigenvalue weighted by molar-refractivity contribution is 5.82. The van der Waals surface area contributed by atoms with Crippen LogP contribution in [0.5, 0.6) is 0 Å². The lowest BCUT2D eigenvalue weighted by Crippen LogP contribution is -2.54. The minimum atomic E-state index is -0.346. The van der Waals surface area contributed by atoms with Crippen molar-refractivity contribution < 1.29 is 9.53 Å². The van der Waals surface area contributed by atoms with E-state index in [4.69, 9.17) is 4.74 Å². The van der Waals surface area contributed by atoms with Gasteiger partial charge in [-0.25, -0.2) is 0 Å². The van der Waals surface area contributed by atoms with Gasteiger partial charge in [-0.3, -0.25) is 4.79 Å². The second-order valence-electron chi connectivity index (χ2n) is 5.44. The van der Waals surface area contributed by atoms with Gasteiger partial charge in [-0.1, -0.05) is 12.8 Å². The summed E-state index contributed by atoms with van der Waals surface area (Å²) in [6, 6.07) is 0. The van der Waals surface area contributed by atoms with Crippen LogP contribution in [0.4, 0.5) is 0 Å². The summed E-state index contributed by atoms with van der Waals surface area (Å²) in [6.07, 6.45) is 6.95. The molecule has 2 rings (SSSR count). The lowest BCUT2D eigenvalue weighted by Gasteiger charge is -2.33. The Morgan fingerprint density at radius 3 is 2.50 bits per heavy atom. The molecule has 1 N–H and O–H groups in total. The largest absolute Gasteiger partial charge is 0.462 e. The molecule has 2 aliphatic rings. The summed E-state index contributed by atoms with van der Waals surface area (Å²) in [5.74, 6) is 0.494. The van der Waals surface area contributed by atoms with Gasteiger partial charge in [0.1, 0.15) is 5.54 Å². The number of nitrogens with one attached hydrogen (secondary N) is 1. The number of esters is 1. The molecule has 0 bridgehead atoms. The Kier molecular flexibility index (Phi) is 3.53. The fraction of sp³-hybridized carbons (Fsp3) is 0.923. The predicted molar refractivity (Wildman–Crippen MR) is 63.2 cm³/mol. The summed E-state index contributed by atoms with van der Waals surface area (Å²) in [5, 5.41) is 3.44. The van der Waals surface area contributed by atoms with E-state index in [-0.39, 0.29) is 17.6 Å². The Hall–Kier alpha value is -0.570. The number of carbonyl (C=O) groups excluding carboxylic acids is 1. The zero-order valence-electron chi connectivity index (χ0n) is 10.4. The van der Waals surface area contributed by atoms with Crippen molar-refractivity contribution in [2.45, 2.75) is 64.0 Å². The minimum absolute atomic E-state index is 0.00632. The van der Waals surface area contributed by atoms with Gasteiger partial charge in [-0.2, -0.15) is 0 Å². The topological polar surface area (TPSA) is 38.3 Å². The maximum Gasteiger partial charge on any atom is 0.326 e. The zero-order valence-corrected chi connectivity index (χ0v) is 10.4. The Balaban J connectivity index is 2.11. The van der Waals surface area contributed by atoms with E-state index in [0.717, 1.165) is 19.4 Å². The van der Waals surface area contributed by atoms with Crippen LogP contribution >= 0.6 is 0 Å². The molecular weight excluding hydrogens is 202 g/mol. The van der Waals surface area contributed by atoms with Crippen molar-refractivity contribution in [3.8, 4) is 0 Å². The lowest BCUT2D eigenvalue weighted by atomic mass is 9.81. The van der Waals surface area contributed by atoms with E-state index in [1.165, 1.54) is 25.7 Å². The van der Waals surface area contributed by atoms with Gasteiger partial charge in [0, 0.05) is 0 Å². The molecule has 0 aromatic carbocycles. The molecule has 0 amide bonds. The fourth-order valence-corrected chi connectivity index (χ4v) is 3.19. The first-order valence-electron chi connectivity index (χ1n) is 6.61. The summed E-state index contributed by atoms with van der Waals surface area (Å²) in [6.45, 7) is 4.81. The average Bonchev–Trinajstić information content (AvgIpc) is 2.88. The van der Waals surface area contributed by atoms with Crippen molar-refractivity contribution in [3.05, 3.63) is 0 Å². The van der Waals surface area contributed by atoms with Gasteiger partial charge in [-0.05, 0) is 52.0 Å². The van der Waals surface area contributed by atoms with Crippen molar-refractivity contribution >= 4 is 5.97 Å². The third-order valence-electron chi connectivity index (χ3n) is 3.95. The molecule has 1 saturated heterocycles. The molecule has 0 aromatic rings. The molecule has 2 fully saturated rings. The van der Waals surface area contributed by atoms with E-state index >= 15 is 0 Å². The first kappa shape index (κ1) is 11.9. The van der Waals surface area contributed by atoms with Crippen LogP contribution in [0.15, 0.2) is 0 Å². The number of hydrogen-bond acceptors (Lipinski definition) is 3. The summed E-state index contributed by atoms with van der Waals surface area (Å²) >= 11 is 0. The van der Waals surface area contributed by atoms with Crippen molar-refractivity contribution in [1.29, 1.82) is 0 Å². The number of carbonyl (C=O) groups is 1. The van der Waals surface area contributed by atoms with Gasteiger partial charge in [0.05, 0.1) is 6.10 Å². The van der Waals surface area contributed by atoms with E-state index < -0.39 is 0 Å². The van der Waals surface area contributed by atoms with Crippen molar-refractivity contribution in [2.75, 3.05) is 6.54 Å². The molecule has 0 spiro atoms. The van der Waals surface area contributed by atoms with Gasteiger partial charge < -0.3 is 10.1 Å². The molecule has 0 unspecified atom stereocenters. The second kappa shape index (κ2) is 4.74. The summed E-state index contributed by atoms with van der Waals surface area (Å²) < 4.78 is 5.45. The first-order valence-corrected chi connectivity index (χ1v) is 6.61. The average molecular weight is 225 g/mol. The van der Waals surface area contributed by atoms with Crippen LogP contribution in [0.1, 0.15) is 52.4 Å². The molecule has 1 atom stereocenters. The maximum atomic E-state index is 12.3. The minimum Gasteiger partial charge on any atom is -0.462 e. The SMILES string of the molecule is CC(C)OC(=O)[C@]1(C2CCCC2)CCCN1. The fourth-order valence-electron chi connectivity index (χ4n) is 3.19. The molecule has 0 aromatic heterocycles. The van der Waals surface area contributed by atoms with Gasteiger partial charge in [0.25, 0.3) is 0 Å². The first-order chi connectivity index (χ1) is 7.65. The second-order valence-corrected chi connectivity index (χ2v) is 5.44. The van der Waals surface area contributed by atoms with Gasteiger partial charge in [-0.15, -0.1) is 0 Å². The normalized spacial score (nSPS) is 31.2. The summed E-state index contributed by atoms with van der Waals surface area (Å²) in [7, 11) is 0. The smallest absolute Gasteiger partial charge is 0.326 e. The van der Waals surface area contributed by atoms with Crippen LogP contribution in [0, 0.1) is 5.92 Å². The molecule has 1 saturated carbocycles. The van der Waals surface area contributed by atoms with Crippen LogP contribution in [0.3, 0.4) is 0 Å². The molecule has 16 heavy (non-hydrogen) atoms. The van der Waals surface area contributed by atoms with Crippen LogP contribution in [-0.2, 0) is 9.53 Å². The Morgan fingerprint density at radius 2 is 2.00 bits per heavy atom. The van der Waals surface area contributed by atoms with Gasteiger partial charge in [0.15, 0.2) is 0 Å². The quantitative estimate of drug-likeness (QED) is 0.749. The van der Waals surface area contributed by atoms with Crippen LogP contribution in [0.2, 0.25) is 0 Å². The summed E-state index contributed by atoms with van der Waals surface area (Å²) in [5.41, 5.74) is -0.346. The van der Waals surface area contributed by atoms with Crippen LogP contribution in [0.25, 0.3) is 0 Å².